The summed E-state index contributed by atoms with van der Waals surface area (Å²) in [4.78, 5) is 14.3. The minimum Gasteiger partial charge on any atom is -0.349 e. The Labute approximate surface area is 117 Å². The van der Waals surface area contributed by atoms with Crippen LogP contribution in [-0.2, 0) is 9.53 Å². The summed E-state index contributed by atoms with van der Waals surface area (Å²) in [7, 11) is 0. The average Bonchev–Trinajstić information content (AvgIpc) is 3.08. The van der Waals surface area contributed by atoms with E-state index < -0.39 is 0 Å². The number of carbonyl (C=O) groups excluding carboxylic acids is 1. The van der Waals surface area contributed by atoms with Gasteiger partial charge in [0.1, 0.15) is 12.3 Å². The smallest absolute Gasteiger partial charge is 0.242 e. The lowest BCUT2D eigenvalue weighted by atomic mass is 10.1. The Morgan fingerprint density at radius 1 is 1.42 bits per heavy atom. The first-order valence-electron chi connectivity index (χ1n) is 6.58. The van der Waals surface area contributed by atoms with Crippen LogP contribution in [0.3, 0.4) is 0 Å². The molecule has 0 spiro atoms. The van der Waals surface area contributed by atoms with Crippen molar-refractivity contribution >= 4 is 17.7 Å². The number of rotatable bonds is 2. The van der Waals surface area contributed by atoms with E-state index >= 15 is 0 Å². The molecule has 4 nitrogen and oxygen atoms in total. The standard InChI is InChI=1S/C14H18N2O2S/c1-10-16(14(17)12-8-19-9-15-12)7-13(18-10)11-5-3-2-4-6-11/h2-6,10,12-13,15H,7-9H2,1H3. The molecule has 3 rings (SSSR count). The van der Waals surface area contributed by atoms with Gasteiger partial charge in [0.25, 0.3) is 0 Å². The minimum absolute atomic E-state index is 0.00536. The number of carbonyl (C=O) groups is 1. The first-order valence-corrected chi connectivity index (χ1v) is 7.73. The second-order valence-electron chi connectivity index (χ2n) is 4.90. The highest BCUT2D eigenvalue weighted by molar-refractivity contribution is 7.99. The summed E-state index contributed by atoms with van der Waals surface area (Å²) >= 11 is 1.77. The number of hydrogen-bond acceptors (Lipinski definition) is 4. The SMILES string of the molecule is CC1OC(c2ccccc2)CN1C(=O)C1CSCN1. The van der Waals surface area contributed by atoms with Gasteiger partial charge in [-0.25, -0.2) is 0 Å². The summed E-state index contributed by atoms with van der Waals surface area (Å²) < 4.78 is 5.91. The van der Waals surface area contributed by atoms with Crippen molar-refractivity contribution in [2.75, 3.05) is 18.2 Å². The lowest BCUT2D eigenvalue weighted by Crippen LogP contribution is -2.46. The molecule has 0 aromatic heterocycles. The normalized spacial score (nSPS) is 30.8. The van der Waals surface area contributed by atoms with Crippen molar-refractivity contribution in [2.45, 2.75) is 25.3 Å². The third-order valence-corrected chi connectivity index (χ3v) is 4.57. The van der Waals surface area contributed by atoms with Crippen LogP contribution in [0.15, 0.2) is 30.3 Å². The van der Waals surface area contributed by atoms with Crippen molar-refractivity contribution in [3.8, 4) is 0 Å². The number of nitrogens with zero attached hydrogens (tertiary/aromatic N) is 1. The van der Waals surface area contributed by atoms with Crippen molar-refractivity contribution in [2.24, 2.45) is 0 Å². The van der Waals surface area contributed by atoms with E-state index in [1.54, 1.807) is 11.8 Å². The first kappa shape index (κ1) is 13.0. The molecule has 1 N–H and O–H groups in total. The van der Waals surface area contributed by atoms with Crippen LogP contribution in [0.4, 0.5) is 0 Å². The molecule has 3 atom stereocenters. The molecule has 102 valence electrons. The number of amides is 1. The summed E-state index contributed by atoms with van der Waals surface area (Å²) in [5.41, 5.74) is 1.14. The summed E-state index contributed by atoms with van der Waals surface area (Å²) in [5.74, 6) is 1.88. The van der Waals surface area contributed by atoms with Crippen molar-refractivity contribution in [1.29, 1.82) is 0 Å². The van der Waals surface area contributed by atoms with E-state index in [4.69, 9.17) is 4.74 Å². The van der Waals surface area contributed by atoms with Gasteiger partial charge in [0.05, 0.1) is 12.6 Å². The van der Waals surface area contributed by atoms with Crippen LogP contribution in [0.5, 0.6) is 0 Å². The van der Waals surface area contributed by atoms with Crippen molar-refractivity contribution in [3.63, 3.8) is 0 Å². The number of thioether (sulfide) groups is 1. The van der Waals surface area contributed by atoms with Gasteiger partial charge in [-0.05, 0) is 12.5 Å². The van der Waals surface area contributed by atoms with Crippen LogP contribution in [0.2, 0.25) is 0 Å². The van der Waals surface area contributed by atoms with Crippen LogP contribution in [0, 0.1) is 0 Å². The predicted molar refractivity (Wildman–Crippen MR) is 75.7 cm³/mol. The van der Waals surface area contributed by atoms with Crippen molar-refractivity contribution < 1.29 is 9.53 Å². The zero-order valence-corrected chi connectivity index (χ0v) is 11.7. The lowest BCUT2D eigenvalue weighted by Gasteiger charge is -2.22. The largest absolute Gasteiger partial charge is 0.349 e. The third-order valence-electron chi connectivity index (χ3n) is 3.63. The Morgan fingerprint density at radius 2 is 2.21 bits per heavy atom. The number of benzene rings is 1. The zero-order valence-electron chi connectivity index (χ0n) is 10.9. The predicted octanol–water partition coefficient (Wildman–Crippen LogP) is 1.59. The number of ether oxygens (including phenoxy) is 1. The molecule has 1 aromatic rings. The van der Waals surface area contributed by atoms with E-state index in [-0.39, 0.29) is 24.3 Å². The highest BCUT2D eigenvalue weighted by Gasteiger charge is 2.37. The Hall–Kier alpha value is -1.04. The van der Waals surface area contributed by atoms with Crippen LogP contribution >= 0.6 is 11.8 Å². The van der Waals surface area contributed by atoms with Gasteiger partial charge in [0.2, 0.25) is 5.91 Å². The van der Waals surface area contributed by atoms with E-state index in [9.17, 15) is 4.79 Å². The average molecular weight is 278 g/mol. The number of nitrogens with one attached hydrogen (secondary N) is 1. The van der Waals surface area contributed by atoms with Crippen molar-refractivity contribution in [3.05, 3.63) is 35.9 Å². The molecule has 1 amide bonds. The molecular formula is C14H18N2O2S. The fourth-order valence-electron chi connectivity index (χ4n) is 2.56. The molecular weight excluding hydrogens is 260 g/mol. The van der Waals surface area contributed by atoms with Gasteiger partial charge in [0, 0.05) is 11.6 Å². The lowest BCUT2D eigenvalue weighted by molar-refractivity contribution is -0.136. The van der Waals surface area contributed by atoms with E-state index in [0.29, 0.717) is 6.54 Å². The van der Waals surface area contributed by atoms with Gasteiger partial charge in [0.15, 0.2) is 0 Å². The molecule has 1 aromatic carbocycles. The molecule has 2 heterocycles. The molecule has 0 saturated carbocycles. The Morgan fingerprint density at radius 3 is 2.89 bits per heavy atom. The molecule has 2 fully saturated rings. The van der Waals surface area contributed by atoms with E-state index in [2.05, 4.69) is 17.4 Å². The van der Waals surface area contributed by atoms with Gasteiger partial charge >= 0.3 is 0 Å². The molecule has 3 unspecified atom stereocenters. The van der Waals surface area contributed by atoms with Gasteiger partial charge in [-0.1, -0.05) is 30.3 Å². The van der Waals surface area contributed by atoms with Crippen LogP contribution in [0.1, 0.15) is 18.6 Å². The van der Waals surface area contributed by atoms with E-state index in [1.807, 2.05) is 30.0 Å². The molecule has 2 saturated heterocycles. The minimum atomic E-state index is -0.148. The maximum absolute atomic E-state index is 12.4. The third kappa shape index (κ3) is 2.63. The van der Waals surface area contributed by atoms with Crippen molar-refractivity contribution in [1.82, 2.24) is 10.2 Å². The molecule has 0 bridgehead atoms. The Kier molecular flexibility index (Phi) is 3.77. The fraction of sp³-hybridized carbons (Fsp3) is 0.500. The highest BCUT2D eigenvalue weighted by atomic mass is 32.2. The summed E-state index contributed by atoms with van der Waals surface area (Å²) in [6.45, 7) is 2.59. The van der Waals surface area contributed by atoms with E-state index in [0.717, 1.165) is 17.2 Å². The Bertz CT molecular complexity index is 448. The zero-order chi connectivity index (χ0) is 13.2. The fourth-order valence-corrected chi connectivity index (χ4v) is 3.49. The summed E-state index contributed by atoms with van der Waals surface area (Å²) in [5, 5.41) is 3.22. The number of hydrogen-bond donors (Lipinski definition) is 1. The Balaban J connectivity index is 1.69. The molecule has 0 aliphatic carbocycles. The first-order chi connectivity index (χ1) is 9.25. The van der Waals surface area contributed by atoms with Gasteiger partial charge in [-0.15, -0.1) is 11.8 Å². The maximum atomic E-state index is 12.4. The summed E-state index contributed by atoms with van der Waals surface area (Å²) in [6, 6.07) is 10.0. The monoisotopic (exact) mass is 278 g/mol. The summed E-state index contributed by atoms with van der Waals surface area (Å²) in [6.07, 6.45) is -0.153. The van der Waals surface area contributed by atoms with Crippen LogP contribution < -0.4 is 5.32 Å². The molecule has 5 heteroatoms. The van der Waals surface area contributed by atoms with Crippen LogP contribution in [-0.4, -0.2) is 41.3 Å². The van der Waals surface area contributed by atoms with Crippen LogP contribution in [0.25, 0.3) is 0 Å². The van der Waals surface area contributed by atoms with Gasteiger partial charge in [-0.2, -0.15) is 0 Å². The maximum Gasteiger partial charge on any atom is 0.242 e. The quantitative estimate of drug-likeness (QED) is 0.892. The highest BCUT2D eigenvalue weighted by Crippen LogP contribution is 2.29. The molecule has 0 radical (unpaired) electrons. The second kappa shape index (κ2) is 5.53. The van der Waals surface area contributed by atoms with Gasteiger partial charge < -0.3 is 9.64 Å². The molecule has 2 aliphatic heterocycles. The van der Waals surface area contributed by atoms with E-state index in [1.165, 1.54) is 0 Å². The van der Waals surface area contributed by atoms with Gasteiger partial charge in [-0.3, -0.25) is 10.1 Å². The topological polar surface area (TPSA) is 41.6 Å². The second-order valence-corrected chi connectivity index (χ2v) is 5.93. The molecule has 2 aliphatic rings. The molecule has 19 heavy (non-hydrogen) atoms.